The van der Waals surface area contributed by atoms with Gasteiger partial charge < -0.3 is 15.3 Å². The summed E-state index contributed by atoms with van der Waals surface area (Å²) in [6, 6.07) is 6.43. The Hall–Kier alpha value is -0.580. The van der Waals surface area contributed by atoms with Crippen molar-refractivity contribution in [1.29, 1.82) is 0 Å². The first-order valence-electron chi connectivity index (χ1n) is 6.48. The van der Waals surface area contributed by atoms with Gasteiger partial charge in [0.15, 0.2) is 0 Å². The molecule has 18 heavy (non-hydrogen) atoms. The first kappa shape index (κ1) is 13.8. The maximum Gasteiger partial charge on any atom is 0.0810 e. The number of aliphatic hydroxyl groups is 1. The summed E-state index contributed by atoms with van der Waals surface area (Å²) < 4.78 is 1.13. The Kier molecular flexibility index (Phi) is 4.30. The minimum Gasteiger partial charge on any atom is -0.388 e. The van der Waals surface area contributed by atoms with Crippen LogP contribution in [0.3, 0.4) is 0 Å². The van der Waals surface area contributed by atoms with Crippen molar-refractivity contribution in [2.45, 2.75) is 32.4 Å². The molecule has 0 spiro atoms. The zero-order valence-electron chi connectivity index (χ0n) is 11.0. The summed E-state index contributed by atoms with van der Waals surface area (Å²) in [5, 5.41) is 13.3. The molecule has 1 atom stereocenters. The molecule has 100 valence electrons. The molecule has 2 N–H and O–H groups in total. The van der Waals surface area contributed by atoms with Crippen LogP contribution in [0, 0.1) is 0 Å². The van der Waals surface area contributed by atoms with Crippen LogP contribution in [0.2, 0.25) is 0 Å². The molecule has 0 saturated carbocycles. The SMILES string of the molecule is CCNCc1ccc(N2CCC(C)(O)C2)cc1Br. The van der Waals surface area contributed by atoms with Crippen LogP contribution >= 0.6 is 15.9 Å². The van der Waals surface area contributed by atoms with E-state index in [-0.39, 0.29) is 0 Å². The highest BCUT2D eigenvalue weighted by molar-refractivity contribution is 9.10. The lowest BCUT2D eigenvalue weighted by Crippen LogP contribution is -2.29. The fourth-order valence-electron chi connectivity index (χ4n) is 2.30. The van der Waals surface area contributed by atoms with Crippen LogP contribution in [-0.2, 0) is 6.54 Å². The molecule has 1 fully saturated rings. The van der Waals surface area contributed by atoms with E-state index in [1.807, 2.05) is 6.92 Å². The molecule has 3 nitrogen and oxygen atoms in total. The lowest BCUT2D eigenvalue weighted by molar-refractivity contribution is 0.0839. The van der Waals surface area contributed by atoms with Gasteiger partial charge in [0.2, 0.25) is 0 Å². The zero-order chi connectivity index (χ0) is 13.2. The Balaban J connectivity index is 2.09. The summed E-state index contributed by atoms with van der Waals surface area (Å²) in [4.78, 5) is 2.24. The van der Waals surface area contributed by atoms with Crippen molar-refractivity contribution in [3.63, 3.8) is 0 Å². The average molecular weight is 313 g/mol. The van der Waals surface area contributed by atoms with Gasteiger partial charge in [0, 0.05) is 29.8 Å². The first-order valence-corrected chi connectivity index (χ1v) is 7.27. The number of anilines is 1. The molecular weight excluding hydrogens is 292 g/mol. The number of nitrogens with zero attached hydrogens (tertiary/aromatic N) is 1. The van der Waals surface area contributed by atoms with Crippen molar-refractivity contribution < 1.29 is 5.11 Å². The van der Waals surface area contributed by atoms with Crippen molar-refractivity contribution in [2.24, 2.45) is 0 Å². The molecule has 0 aromatic heterocycles. The van der Waals surface area contributed by atoms with Gasteiger partial charge in [-0.25, -0.2) is 0 Å². The van der Waals surface area contributed by atoms with Crippen molar-refractivity contribution in [3.05, 3.63) is 28.2 Å². The van der Waals surface area contributed by atoms with E-state index < -0.39 is 5.60 Å². The van der Waals surface area contributed by atoms with E-state index in [4.69, 9.17) is 0 Å². The maximum atomic E-state index is 10.0. The maximum absolute atomic E-state index is 10.0. The van der Waals surface area contributed by atoms with Gasteiger partial charge in [-0.2, -0.15) is 0 Å². The monoisotopic (exact) mass is 312 g/mol. The largest absolute Gasteiger partial charge is 0.388 e. The number of nitrogens with one attached hydrogen (secondary N) is 1. The van der Waals surface area contributed by atoms with Gasteiger partial charge >= 0.3 is 0 Å². The van der Waals surface area contributed by atoms with Crippen LogP contribution in [0.5, 0.6) is 0 Å². The molecule has 1 unspecified atom stereocenters. The topological polar surface area (TPSA) is 35.5 Å². The molecule has 0 radical (unpaired) electrons. The molecule has 1 aliphatic heterocycles. The van der Waals surface area contributed by atoms with Crippen molar-refractivity contribution >= 4 is 21.6 Å². The molecule has 0 amide bonds. The number of benzene rings is 1. The Morgan fingerprint density at radius 3 is 2.83 bits per heavy atom. The molecular formula is C14H21BrN2O. The molecule has 1 aromatic carbocycles. The normalized spacial score (nSPS) is 23.7. The predicted octanol–water partition coefficient (Wildman–Crippen LogP) is 2.52. The van der Waals surface area contributed by atoms with E-state index >= 15 is 0 Å². The van der Waals surface area contributed by atoms with E-state index in [2.05, 4.69) is 51.3 Å². The smallest absolute Gasteiger partial charge is 0.0810 e. The molecule has 1 aromatic rings. The lowest BCUT2D eigenvalue weighted by atomic mass is 10.1. The summed E-state index contributed by atoms with van der Waals surface area (Å²) in [5.74, 6) is 0. The number of hydrogen-bond acceptors (Lipinski definition) is 3. The van der Waals surface area contributed by atoms with Crippen molar-refractivity contribution in [1.82, 2.24) is 5.32 Å². The molecule has 2 rings (SSSR count). The summed E-state index contributed by atoms with van der Waals surface area (Å²) in [5.41, 5.74) is 1.90. The summed E-state index contributed by atoms with van der Waals surface area (Å²) >= 11 is 3.62. The second-order valence-electron chi connectivity index (χ2n) is 5.22. The standard InChI is InChI=1S/C14H21BrN2O/c1-3-16-9-11-4-5-12(8-13(11)15)17-7-6-14(2,18)10-17/h4-5,8,16,18H,3,6-7,9-10H2,1-2H3. The van der Waals surface area contributed by atoms with Gasteiger partial charge in [-0.15, -0.1) is 0 Å². The molecule has 1 saturated heterocycles. The predicted molar refractivity (Wildman–Crippen MR) is 79.0 cm³/mol. The minimum absolute atomic E-state index is 0.547. The van der Waals surface area contributed by atoms with E-state index in [0.29, 0.717) is 6.54 Å². The van der Waals surface area contributed by atoms with E-state index in [9.17, 15) is 5.11 Å². The summed E-state index contributed by atoms with van der Waals surface area (Å²) in [7, 11) is 0. The minimum atomic E-state index is -0.547. The van der Waals surface area contributed by atoms with Gasteiger partial charge in [0.25, 0.3) is 0 Å². The molecule has 0 aliphatic carbocycles. The highest BCUT2D eigenvalue weighted by atomic mass is 79.9. The van der Waals surface area contributed by atoms with E-state index in [1.165, 1.54) is 11.3 Å². The molecule has 0 bridgehead atoms. The van der Waals surface area contributed by atoms with Gasteiger partial charge in [0.1, 0.15) is 0 Å². The highest BCUT2D eigenvalue weighted by Gasteiger charge is 2.31. The van der Waals surface area contributed by atoms with Gasteiger partial charge in [-0.05, 0) is 37.6 Å². The van der Waals surface area contributed by atoms with Crippen LogP contribution in [0.25, 0.3) is 0 Å². The number of halogens is 1. The Labute approximate surface area is 117 Å². The Morgan fingerprint density at radius 2 is 2.28 bits per heavy atom. The highest BCUT2D eigenvalue weighted by Crippen LogP contribution is 2.29. The lowest BCUT2D eigenvalue weighted by Gasteiger charge is -2.21. The zero-order valence-corrected chi connectivity index (χ0v) is 12.6. The summed E-state index contributed by atoms with van der Waals surface area (Å²) in [6.07, 6.45) is 0.837. The van der Waals surface area contributed by atoms with Gasteiger partial charge in [-0.3, -0.25) is 0 Å². The third kappa shape index (κ3) is 3.25. The number of β-amino-alcohol motifs (C(OH)–C–C–N with tert-alkyl or cyclic N) is 1. The Bertz CT molecular complexity index is 420. The van der Waals surface area contributed by atoms with Crippen LogP contribution in [0.1, 0.15) is 25.8 Å². The third-order valence-corrected chi connectivity index (χ3v) is 4.16. The first-order chi connectivity index (χ1) is 8.52. The van der Waals surface area contributed by atoms with Gasteiger partial charge in [0.05, 0.1) is 5.60 Å². The Morgan fingerprint density at radius 1 is 1.50 bits per heavy atom. The van der Waals surface area contributed by atoms with Crippen molar-refractivity contribution in [3.8, 4) is 0 Å². The second-order valence-corrected chi connectivity index (χ2v) is 6.08. The fourth-order valence-corrected chi connectivity index (χ4v) is 2.81. The quantitative estimate of drug-likeness (QED) is 0.897. The van der Waals surface area contributed by atoms with Crippen LogP contribution < -0.4 is 10.2 Å². The van der Waals surface area contributed by atoms with Gasteiger partial charge in [-0.1, -0.05) is 28.9 Å². The third-order valence-electron chi connectivity index (χ3n) is 3.42. The van der Waals surface area contributed by atoms with Crippen LogP contribution in [-0.4, -0.2) is 30.3 Å². The van der Waals surface area contributed by atoms with E-state index in [1.54, 1.807) is 0 Å². The number of rotatable bonds is 4. The van der Waals surface area contributed by atoms with Crippen molar-refractivity contribution in [2.75, 3.05) is 24.5 Å². The average Bonchev–Trinajstić information content (AvgIpc) is 2.68. The second kappa shape index (κ2) is 5.59. The summed E-state index contributed by atoms with van der Waals surface area (Å²) in [6.45, 7) is 7.51. The molecule has 1 heterocycles. The molecule has 1 aliphatic rings. The van der Waals surface area contributed by atoms with Crippen LogP contribution in [0.4, 0.5) is 5.69 Å². The van der Waals surface area contributed by atoms with Crippen LogP contribution in [0.15, 0.2) is 22.7 Å². The molecule has 4 heteroatoms. The van der Waals surface area contributed by atoms with E-state index in [0.717, 1.165) is 30.5 Å². The fraction of sp³-hybridized carbons (Fsp3) is 0.571. The number of hydrogen-bond donors (Lipinski definition) is 2.